The number of hydrogen-bond acceptors (Lipinski definition) is 4. The summed E-state index contributed by atoms with van der Waals surface area (Å²) in [6.45, 7) is 8.22. The van der Waals surface area contributed by atoms with Gasteiger partial charge in [-0.15, -0.1) is 0 Å². The molecule has 7 heteroatoms. The number of benzene rings is 1. The Hall–Kier alpha value is -1.79. The second-order valence-corrected chi connectivity index (χ2v) is 8.00. The van der Waals surface area contributed by atoms with E-state index in [2.05, 4.69) is 5.32 Å². The van der Waals surface area contributed by atoms with Gasteiger partial charge in [-0.1, -0.05) is 11.6 Å². The van der Waals surface area contributed by atoms with Gasteiger partial charge in [-0.3, -0.25) is 9.59 Å². The van der Waals surface area contributed by atoms with E-state index in [1.165, 1.54) is 0 Å². The first kappa shape index (κ1) is 20.5. The van der Waals surface area contributed by atoms with Crippen molar-refractivity contribution in [2.75, 3.05) is 26.2 Å². The zero-order valence-corrected chi connectivity index (χ0v) is 16.4. The third-order valence-corrected chi connectivity index (χ3v) is 4.66. The summed E-state index contributed by atoms with van der Waals surface area (Å²) in [4.78, 5) is 26.3. The number of nitrogens with two attached hydrogens (primary N) is 1. The minimum atomic E-state index is -0.206. The first-order valence-corrected chi connectivity index (χ1v) is 9.31. The van der Waals surface area contributed by atoms with Gasteiger partial charge in [-0.2, -0.15) is 0 Å². The lowest BCUT2D eigenvalue weighted by Gasteiger charge is -2.32. The summed E-state index contributed by atoms with van der Waals surface area (Å²) in [7, 11) is 0. The van der Waals surface area contributed by atoms with Crippen LogP contribution in [0.15, 0.2) is 18.2 Å². The number of halogens is 1. The monoisotopic (exact) mass is 381 g/mol. The Kier molecular flexibility index (Phi) is 6.89. The molecule has 0 radical (unpaired) electrons. The lowest BCUT2D eigenvalue weighted by atomic mass is 10.1. The smallest absolute Gasteiger partial charge is 0.251 e. The number of nitrogens with one attached hydrogen (secondary N) is 1. The predicted octanol–water partition coefficient (Wildman–Crippen LogP) is 2.44. The van der Waals surface area contributed by atoms with Gasteiger partial charge in [-0.05, 0) is 51.9 Å². The van der Waals surface area contributed by atoms with Crippen molar-refractivity contribution in [3.05, 3.63) is 28.8 Å². The van der Waals surface area contributed by atoms with E-state index < -0.39 is 0 Å². The fourth-order valence-corrected chi connectivity index (χ4v) is 3.17. The van der Waals surface area contributed by atoms with Gasteiger partial charge in [0, 0.05) is 36.5 Å². The van der Waals surface area contributed by atoms with Gasteiger partial charge in [0.05, 0.1) is 11.6 Å². The van der Waals surface area contributed by atoms with Crippen LogP contribution in [-0.2, 0) is 4.79 Å². The van der Waals surface area contributed by atoms with Gasteiger partial charge < -0.3 is 20.7 Å². The number of carbonyl (C=O) groups excluding carboxylic acids is 2. The van der Waals surface area contributed by atoms with Gasteiger partial charge in [0.15, 0.2) is 0 Å². The van der Waals surface area contributed by atoms with Crippen molar-refractivity contribution in [2.45, 2.75) is 39.2 Å². The van der Waals surface area contributed by atoms with Crippen LogP contribution in [0, 0.1) is 5.92 Å². The molecule has 1 aromatic rings. The van der Waals surface area contributed by atoms with Crippen LogP contribution in [-0.4, -0.2) is 48.5 Å². The molecule has 1 aliphatic rings. The first-order valence-electron chi connectivity index (χ1n) is 8.93. The second kappa shape index (κ2) is 8.73. The minimum absolute atomic E-state index is 0.125. The third kappa shape index (κ3) is 5.35. The SMILES string of the molecule is CC(C)(C)N1C[C@@H](CNC(=O)c2ccc(OCCCN)c(Cl)c2)CC1=O. The van der Waals surface area contributed by atoms with Gasteiger partial charge in [0.2, 0.25) is 5.91 Å². The molecule has 1 aromatic carbocycles. The molecule has 2 rings (SSSR count). The van der Waals surface area contributed by atoms with E-state index in [1.54, 1.807) is 18.2 Å². The fourth-order valence-electron chi connectivity index (χ4n) is 2.93. The predicted molar refractivity (Wildman–Crippen MR) is 103 cm³/mol. The van der Waals surface area contributed by atoms with Crippen LogP contribution in [0.3, 0.4) is 0 Å². The van der Waals surface area contributed by atoms with Gasteiger partial charge >= 0.3 is 0 Å². The van der Waals surface area contributed by atoms with Crippen LogP contribution in [0.5, 0.6) is 5.75 Å². The lowest BCUT2D eigenvalue weighted by Crippen LogP contribution is -2.42. The summed E-state index contributed by atoms with van der Waals surface area (Å²) in [5.74, 6) is 0.597. The molecule has 1 aliphatic heterocycles. The molecule has 1 fully saturated rings. The average Bonchev–Trinajstić information content (AvgIpc) is 2.95. The second-order valence-electron chi connectivity index (χ2n) is 7.59. The topological polar surface area (TPSA) is 84.7 Å². The van der Waals surface area contributed by atoms with Crippen LogP contribution in [0.25, 0.3) is 0 Å². The fraction of sp³-hybridized carbons (Fsp3) is 0.579. The Morgan fingerprint density at radius 2 is 2.15 bits per heavy atom. The van der Waals surface area contributed by atoms with E-state index in [4.69, 9.17) is 22.1 Å². The molecule has 0 bridgehead atoms. The molecule has 6 nitrogen and oxygen atoms in total. The van der Waals surface area contributed by atoms with Crippen molar-refractivity contribution < 1.29 is 14.3 Å². The maximum atomic E-state index is 12.4. The summed E-state index contributed by atoms with van der Waals surface area (Å²) in [6, 6.07) is 4.96. The molecular weight excluding hydrogens is 354 g/mol. The van der Waals surface area contributed by atoms with Crippen molar-refractivity contribution in [3.63, 3.8) is 0 Å². The van der Waals surface area contributed by atoms with E-state index >= 15 is 0 Å². The zero-order valence-electron chi connectivity index (χ0n) is 15.7. The van der Waals surface area contributed by atoms with Crippen molar-refractivity contribution in [1.82, 2.24) is 10.2 Å². The van der Waals surface area contributed by atoms with Crippen LogP contribution >= 0.6 is 11.6 Å². The van der Waals surface area contributed by atoms with Crippen LogP contribution in [0.4, 0.5) is 0 Å². The molecule has 2 amide bonds. The zero-order chi connectivity index (χ0) is 19.3. The molecule has 26 heavy (non-hydrogen) atoms. The summed E-state index contributed by atoms with van der Waals surface area (Å²) in [5.41, 5.74) is 5.71. The Bertz CT molecular complexity index is 658. The van der Waals surface area contributed by atoms with Crippen LogP contribution in [0.2, 0.25) is 5.02 Å². The summed E-state index contributed by atoms with van der Waals surface area (Å²) >= 11 is 6.18. The molecule has 0 saturated carbocycles. The molecule has 1 atom stereocenters. The van der Waals surface area contributed by atoms with Crippen molar-refractivity contribution in [3.8, 4) is 5.75 Å². The Morgan fingerprint density at radius 3 is 2.73 bits per heavy atom. The third-order valence-electron chi connectivity index (χ3n) is 4.37. The highest BCUT2D eigenvalue weighted by Crippen LogP contribution is 2.27. The van der Waals surface area contributed by atoms with Crippen molar-refractivity contribution in [2.24, 2.45) is 11.7 Å². The van der Waals surface area contributed by atoms with Gasteiger partial charge in [-0.25, -0.2) is 0 Å². The summed E-state index contributed by atoms with van der Waals surface area (Å²) in [5, 5.41) is 3.29. The van der Waals surface area contributed by atoms with E-state index in [0.717, 1.165) is 6.42 Å². The minimum Gasteiger partial charge on any atom is -0.492 e. The largest absolute Gasteiger partial charge is 0.492 e. The maximum Gasteiger partial charge on any atom is 0.251 e. The standard InChI is InChI=1S/C19H28ClN3O3/c1-19(2,3)23-12-13(9-17(23)24)11-22-18(25)14-5-6-16(15(20)10-14)26-8-4-7-21/h5-6,10,13H,4,7-9,11-12,21H2,1-3H3,(H,22,25)/t13-/m1/s1. The number of carbonyl (C=O) groups is 2. The van der Waals surface area contributed by atoms with Crippen LogP contribution in [0.1, 0.15) is 44.0 Å². The molecule has 0 spiro atoms. The Balaban J connectivity index is 1.88. The molecule has 0 unspecified atom stereocenters. The molecular formula is C19H28ClN3O3. The number of hydrogen-bond donors (Lipinski definition) is 2. The van der Waals surface area contributed by atoms with Crippen molar-refractivity contribution >= 4 is 23.4 Å². The van der Waals surface area contributed by atoms with Crippen LogP contribution < -0.4 is 15.8 Å². The number of amides is 2. The highest BCUT2D eigenvalue weighted by molar-refractivity contribution is 6.32. The Morgan fingerprint density at radius 1 is 1.42 bits per heavy atom. The maximum absolute atomic E-state index is 12.4. The summed E-state index contributed by atoms with van der Waals surface area (Å²) in [6.07, 6.45) is 1.20. The average molecular weight is 382 g/mol. The molecule has 3 N–H and O–H groups in total. The number of likely N-dealkylation sites (tertiary alicyclic amines) is 1. The van der Waals surface area contributed by atoms with Crippen molar-refractivity contribution in [1.29, 1.82) is 0 Å². The lowest BCUT2D eigenvalue weighted by molar-refractivity contribution is -0.131. The highest BCUT2D eigenvalue weighted by atomic mass is 35.5. The molecule has 1 saturated heterocycles. The quantitative estimate of drug-likeness (QED) is 0.710. The molecule has 0 aromatic heterocycles. The van der Waals surface area contributed by atoms with E-state index in [1.807, 2.05) is 25.7 Å². The number of ether oxygens (including phenoxy) is 1. The number of rotatable bonds is 7. The van der Waals surface area contributed by atoms with E-state index in [9.17, 15) is 9.59 Å². The van der Waals surface area contributed by atoms with E-state index in [-0.39, 0.29) is 23.3 Å². The molecule has 144 valence electrons. The molecule has 0 aliphatic carbocycles. The molecule has 1 heterocycles. The normalized spacial score (nSPS) is 17.5. The first-order chi connectivity index (χ1) is 12.2. The van der Waals surface area contributed by atoms with Gasteiger partial charge in [0.25, 0.3) is 5.91 Å². The summed E-state index contributed by atoms with van der Waals surface area (Å²) < 4.78 is 5.52. The number of nitrogens with zero attached hydrogens (tertiary/aromatic N) is 1. The Labute approximate surface area is 160 Å². The highest BCUT2D eigenvalue weighted by Gasteiger charge is 2.36. The van der Waals surface area contributed by atoms with Gasteiger partial charge in [0.1, 0.15) is 5.75 Å². The van der Waals surface area contributed by atoms with E-state index in [0.29, 0.717) is 49.0 Å².